The number of phenolic OH excluding ortho intramolecular Hbond substituents is 2. The molecule has 17 heavy (non-hydrogen) atoms. The lowest BCUT2D eigenvalue weighted by atomic mass is 9.95. The van der Waals surface area contributed by atoms with Gasteiger partial charge in [0.2, 0.25) is 0 Å². The summed E-state index contributed by atoms with van der Waals surface area (Å²) in [4.78, 5) is 11.9. The monoisotopic (exact) mass is 235 g/mol. The Kier molecular flexibility index (Phi) is 3.52. The predicted molar refractivity (Wildman–Crippen MR) is 64.1 cm³/mol. The number of rotatable bonds is 2. The first-order valence-corrected chi connectivity index (χ1v) is 5.99. The van der Waals surface area contributed by atoms with Crippen LogP contribution in [0.3, 0.4) is 0 Å². The van der Waals surface area contributed by atoms with Crippen LogP contribution in [0.1, 0.15) is 42.5 Å². The maximum Gasteiger partial charge on any atom is 0.255 e. The first kappa shape index (κ1) is 11.8. The van der Waals surface area contributed by atoms with E-state index in [1.54, 1.807) is 0 Å². The van der Waals surface area contributed by atoms with Gasteiger partial charge in [0.1, 0.15) is 11.5 Å². The Hall–Kier alpha value is -1.71. The van der Waals surface area contributed by atoms with Crippen LogP contribution in [0.25, 0.3) is 0 Å². The second-order valence-electron chi connectivity index (χ2n) is 4.51. The van der Waals surface area contributed by atoms with E-state index in [9.17, 15) is 15.0 Å². The van der Waals surface area contributed by atoms with Crippen LogP contribution in [-0.4, -0.2) is 22.2 Å². The normalized spacial score (nSPS) is 16.7. The highest BCUT2D eigenvalue weighted by atomic mass is 16.3. The molecule has 92 valence electrons. The lowest BCUT2D eigenvalue weighted by Gasteiger charge is -2.22. The summed E-state index contributed by atoms with van der Waals surface area (Å²) in [6, 6.07) is 4.16. The Morgan fingerprint density at radius 2 is 1.88 bits per heavy atom. The van der Waals surface area contributed by atoms with Gasteiger partial charge in [0.25, 0.3) is 5.91 Å². The average Bonchev–Trinajstić information content (AvgIpc) is 2.33. The Labute approximate surface area is 100 Å². The zero-order valence-corrected chi connectivity index (χ0v) is 9.65. The van der Waals surface area contributed by atoms with Crippen LogP contribution in [0.5, 0.6) is 11.5 Å². The third-order valence-electron chi connectivity index (χ3n) is 3.17. The molecular weight excluding hydrogens is 218 g/mol. The molecule has 4 heteroatoms. The van der Waals surface area contributed by atoms with Gasteiger partial charge in [0, 0.05) is 6.04 Å². The quantitative estimate of drug-likeness (QED) is 0.688. The van der Waals surface area contributed by atoms with Crippen molar-refractivity contribution in [2.24, 2.45) is 0 Å². The standard InChI is InChI=1S/C13H17NO3/c15-10-6-7-12(16)11(8-10)13(17)14-9-4-2-1-3-5-9/h6-9,15-16H,1-5H2,(H,14,17). The summed E-state index contributed by atoms with van der Waals surface area (Å²) < 4.78 is 0. The topological polar surface area (TPSA) is 69.6 Å². The number of carbonyl (C=O) groups is 1. The van der Waals surface area contributed by atoms with Gasteiger partial charge in [0.15, 0.2) is 0 Å². The molecule has 0 unspecified atom stereocenters. The number of hydrogen-bond donors (Lipinski definition) is 3. The van der Waals surface area contributed by atoms with Crippen molar-refractivity contribution < 1.29 is 15.0 Å². The minimum Gasteiger partial charge on any atom is -0.508 e. The molecular formula is C13H17NO3. The fraction of sp³-hybridized carbons (Fsp3) is 0.462. The molecule has 1 aromatic carbocycles. The van der Waals surface area contributed by atoms with E-state index in [0.717, 1.165) is 25.7 Å². The smallest absolute Gasteiger partial charge is 0.255 e. The molecule has 0 aromatic heterocycles. The summed E-state index contributed by atoms with van der Waals surface area (Å²) in [7, 11) is 0. The maximum atomic E-state index is 11.9. The zero-order chi connectivity index (χ0) is 12.3. The largest absolute Gasteiger partial charge is 0.508 e. The molecule has 1 fully saturated rings. The van der Waals surface area contributed by atoms with Gasteiger partial charge in [0.05, 0.1) is 5.56 Å². The van der Waals surface area contributed by atoms with E-state index < -0.39 is 0 Å². The Balaban J connectivity index is 2.05. The van der Waals surface area contributed by atoms with E-state index in [0.29, 0.717) is 0 Å². The van der Waals surface area contributed by atoms with Crippen molar-refractivity contribution in [2.45, 2.75) is 38.1 Å². The SMILES string of the molecule is O=C(NC1CCCCC1)c1cc(O)ccc1O. The van der Waals surface area contributed by atoms with Gasteiger partial charge in [-0.1, -0.05) is 19.3 Å². The Morgan fingerprint density at radius 3 is 2.59 bits per heavy atom. The van der Waals surface area contributed by atoms with Crippen molar-refractivity contribution in [1.82, 2.24) is 5.32 Å². The van der Waals surface area contributed by atoms with Crippen molar-refractivity contribution in [3.05, 3.63) is 23.8 Å². The molecule has 3 N–H and O–H groups in total. The minimum atomic E-state index is -0.315. The number of phenols is 2. The number of benzene rings is 1. The number of aromatic hydroxyl groups is 2. The van der Waals surface area contributed by atoms with Gasteiger partial charge in [-0.3, -0.25) is 4.79 Å². The Bertz CT molecular complexity index is 411. The molecule has 0 atom stereocenters. The molecule has 4 nitrogen and oxygen atoms in total. The highest BCUT2D eigenvalue weighted by Crippen LogP contribution is 2.23. The van der Waals surface area contributed by atoms with Crippen LogP contribution in [0.2, 0.25) is 0 Å². The molecule has 0 radical (unpaired) electrons. The molecule has 1 amide bonds. The van der Waals surface area contributed by atoms with Crippen LogP contribution in [0.15, 0.2) is 18.2 Å². The molecule has 1 aromatic rings. The summed E-state index contributed by atoms with van der Waals surface area (Å²) >= 11 is 0. The number of amides is 1. The van der Waals surface area contributed by atoms with Gasteiger partial charge in [-0.05, 0) is 31.0 Å². The number of nitrogens with one attached hydrogen (secondary N) is 1. The van der Waals surface area contributed by atoms with Crippen molar-refractivity contribution >= 4 is 5.91 Å². The fourth-order valence-electron chi connectivity index (χ4n) is 2.22. The van der Waals surface area contributed by atoms with E-state index >= 15 is 0 Å². The summed E-state index contributed by atoms with van der Waals surface area (Å²) in [6.07, 6.45) is 5.48. The second kappa shape index (κ2) is 5.08. The molecule has 1 aliphatic carbocycles. The van der Waals surface area contributed by atoms with Crippen molar-refractivity contribution in [3.63, 3.8) is 0 Å². The summed E-state index contributed by atoms with van der Waals surface area (Å²) in [6.45, 7) is 0. The molecule has 1 saturated carbocycles. The molecule has 0 aliphatic heterocycles. The lowest BCUT2D eigenvalue weighted by molar-refractivity contribution is 0.0924. The number of hydrogen-bond acceptors (Lipinski definition) is 3. The molecule has 0 spiro atoms. The van der Waals surface area contributed by atoms with Crippen molar-refractivity contribution in [2.75, 3.05) is 0 Å². The maximum absolute atomic E-state index is 11.9. The number of carbonyl (C=O) groups excluding carboxylic acids is 1. The molecule has 0 saturated heterocycles. The van der Waals surface area contributed by atoms with Crippen molar-refractivity contribution in [1.29, 1.82) is 0 Å². The fourth-order valence-corrected chi connectivity index (χ4v) is 2.22. The second-order valence-corrected chi connectivity index (χ2v) is 4.51. The van der Waals surface area contributed by atoms with Crippen LogP contribution >= 0.6 is 0 Å². The van der Waals surface area contributed by atoms with Gasteiger partial charge in [-0.25, -0.2) is 0 Å². The van der Waals surface area contributed by atoms with E-state index in [1.165, 1.54) is 24.6 Å². The Morgan fingerprint density at radius 1 is 1.18 bits per heavy atom. The van der Waals surface area contributed by atoms with E-state index in [2.05, 4.69) is 5.32 Å². The summed E-state index contributed by atoms with van der Waals surface area (Å²) in [5, 5.41) is 21.8. The zero-order valence-electron chi connectivity index (χ0n) is 9.65. The van der Waals surface area contributed by atoms with Gasteiger partial charge >= 0.3 is 0 Å². The van der Waals surface area contributed by atoms with Gasteiger partial charge < -0.3 is 15.5 Å². The van der Waals surface area contributed by atoms with Crippen molar-refractivity contribution in [3.8, 4) is 11.5 Å². The highest BCUT2D eigenvalue weighted by molar-refractivity contribution is 5.97. The lowest BCUT2D eigenvalue weighted by Crippen LogP contribution is -2.36. The van der Waals surface area contributed by atoms with E-state index in [4.69, 9.17) is 0 Å². The predicted octanol–water partition coefficient (Wildman–Crippen LogP) is 2.16. The third-order valence-corrected chi connectivity index (χ3v) is 3.17. The first-order chi connectivity index (χ1) is 8.16. The van der Waals surface area contributed by atoms with Gasteiger partial charge in [-0.2, -0.15) is 0 Å². The van der Waals surface area contributed by atoms with E-state index in [1.807, 2.05) is 0 Å². The summed E-state index contributed by atoms with van der Waals surface area (Å²) in [5.74, 6) is -0.432. The molecule has 0 heterocycles. The molecule has 1 aliphatic rings. The summed E-state index contributed by atoms with van der Waals surface area (Å²) in [5.41, 5.74) is 0.135. The third kappa shape index (κ3) is 2.90. The van der Waals surface area contributed by atoms with Gasteiger partial charge in [-0.15, -0.1) is 0 Å². The first-order valence-electron chi connectivity index (χ1n) is 5.99. The average molecular weight is 235 g/mol. The highest BCUT2D eigenvalue weighted by Gasteiger charge is 2.18. The van der Waals surface area contributed by atoms with Crippen LogP contribution < -0.4 is 5.32 Å². The van der Waals surface area contributed by atoms with Crippen LogP contribution in [-0.2, 0) is 0 Å². The molecule has 0 bridgehead atoms. The minimum absolute atomic E-state index is 0.0170. The van der Waals surface area contributed by atoms with Crippen LogP contribution in [0, 0.1) is 0 Å². The van der Waals surface area contributed by atoms with E-state index in [-0.39, 0.29) is 29.0 Å². The molecule has 2 rings (SSSR count). The van der Waals surface area contributed by atoms with Crippen LogP contribution in [0.4, 0.5) is 0 Å².